The van der Waals surface area contributed by atoms with Crippen molar-refractivity contribution < 1.29 is 14.3 Å². The number of imidazole rings is 1. The van der Waals surface area contributed by atoms with Crippen molar-refractivity contribution in [3.63, 3.8) is 0 Å². The molecule has 1 aromatic heterocycles. The number of hydrogen-bond acceptors (Lipinski definition) is 4. The minimum atomic E-state index is -0.450. The van der Waals surface area contributed by atoms with Crippen LogP contribution in [0.25, 0.3) is 0 Å². The SMILES string of the molecule is CCOc1ccccc1N1C[C@H](C(=O)N[C@@H](c2ccccc2)c2nccn2C)CC1=O. The van der Waals surface area contributed by atoms with Crippen LogP contribution in [0.15, 0.2) is 67.0 Å². The van der Waals surface area contributed by atoms with Gasteiger partial charge in [0.05, 0.1) is 18.2 Å². The molecule has 2 amide bonds. The summed E-state index contributed by atoms with van der Waals surface area (Å²) in [6.07, 6.45) is 3.72. The van der Waals surface area contributed by atoms with Gasteiger partial charge in [0, 0.05) is 32.4 Å². The smallest absolute Gasteiger partial charge is 0.227 e. The van der Waals surface area contributed by atoms with Crippen LogP contribution in [0.1, 0.15) is 30.8 Å². The fourth-order valence-electron chi connectivity index (χ4n) is 3.93. The van der Waals surface area contributed by atoms with Crippen molar-refractivity contribution in [2.24, 2.45) is 13.0 Å². The molecule has 2 heterocycles. The van der Waals surface area contributed by atoms with Gasteiger partial charge in [0.15, 0.2) is 0 Å². The Morgan fingerprint density at radius 2 is 1.94 bits per heavy atom. The lowest BCUT2D eigenvalue weighted by atomic mass is 10.0. The number of aromatic nitrogens is 2. The van der Waals surface area contributed by atoms with Gasteiger partial charge in [-0.15, -0.1) is 0 Å². The fraction of sp³-hybridized carbons (Fsp3) is 0.292. The van der Waals surface area contributed by atoms with Crippen LogP contribution in [-0.2, 0) is 16.6 Å². The normalized spacial score (nSPS) is 16.9. The molecule has 1 saturated heterocycles. The molecule has 4 rings (SSSR count). The second-order valence-electron chi connectivity index (χ2n) is 7.55. The number of para-hydroxylation sites is 2. The number of carbonyl (C=O) groups excluding carboxylic acids is 2. The summed E-state index contributed by atoms with van der Waals surface area (Å²) in [5.74, 6) is 0.688. The molecule has 0 saturated carbocycles. The Bertz CT molecular complexity index is 1060. The Labute approximate surface area is 181 Å². The van der Waals surface area contributed by atoms with Crippen molar-refractivity contribution in [2.45, 2.75) is 19.4 Å². The van der Waals surface area contributed by atoms with Gasteiger partial charge < -0.3 is 19.5 Å². The van der Waals surface area contributed by atoms with Crippen molar-refractivity contribution in [3.05, 3.63) is 78.4 Å². The molecule has 1 aliphatic rings. The summed E-state index contributed by atoms with van der Waals surface area (Å²) in [5, 5.41) is 3.12. The maximum absolute atomic E-state index is 13.2. The molecule has 3 aromatic rings. The van der Waals surface area contributed by atoms with Gasteiger partial charge >= 0.3 is 0 Å². The van der Waals surface area contributed by atoms with E-state index in [1.807, 2.05) is 79.3 Å². The summed E-state index contributed by atoms with van der Waals surface area (Å²) in [6, 6.07) is 16.8. The van der Waals surface area contributed by atoms with Crippen LogP contribution >= 0.6 is 0 Å². The zero-order chi connectivity index (χ0) is 21.8. The third-order valence-corrected chi connectivity index (χ3v) is 5.49. The van der Waals surface area contributed by atoms with Crippen LogP contribution in [0, 0.1) is 5.92 Å². The van der Waals surface area contributed by atoms with E-state index in [2.05, 4.69) is 10.3 Å². The minimum absolute atomic E-state index is 0.0828. The van der Waals surface area contributed by atoms with Gasteiger partial charge in [-0.3, -0.25) is 9.59 Å². The molecule has 7 heteroatoms. The molecule has 1 fully saturated rings. The second-order valence-corrected chi connectivity index (χ2v) is 7.55. The van der Waals surface area contributed by atoms with Crippen LogP contribution in [0.4, 0.5) is 5.69 Å². The van der Waals surface area contributed by atoms with E-state index in [0.717, 1.165) is 11.4 Å². The van der Waals surface area contributed by atoms with Crippen molar-refractivity contribution in [2.75, 3.05) is 18.1 Å². The van der Waals surface area contributed by atoms with E-state index in [1.54, 1.807) is 11.1 Å². The Hall–Kier alpha value is -3.61. The lowest BCUT2D eigenvalue weighted by Gasteiger charge is -2.22. The quantitative estimate of drug-likeness (QED) is 0.640. The van der Waals surface area contributed by atoms with Crippen molar-refractivity contribution in [1.82, 2.24) is 14.9 Å². The maximum Gasteiger partial charge on any atom is 0.227 e. The zero-order valence-electron chi connectivity index (χ0n) is 17.7. The first-order valence-electron chi connectivity index (χ1n) is 10.4. The van der Waals surface area contributed by atoms with E-state index in [1.165, 1.54) is 0 Å². The summed E-state index contributed by atoms with van der Waals surface area (Å²) in [4.78, 5) is 32.1. The highest BCUT2D eigenvalue weighted by Crippen LogP contribution is 2.33. The number of nitrogens with one attached hydrogen (secondary N) is 1. The molecule has 0 spiro atoms. The lowest BCUT2D eigenvalue weighted by Crippen LogP contribution is -2.37. The number of hydrogen-bond donors (Lipinski definition) is 1. The first-order valence-corrected chi connectivity index (χ1v) is 10.4. The predicted octanol–water partition coefficient (Wildman–Crippen LogP) is 3.08. The van der Waals surface area contributed by atoms with Crippen LogP contribution in [0.3, 0.4) is 0 Å². The zero-order valence-corrected chi connectivity index (χ0v) is 17.7. The van der Waals surface area contributed by atoms with Crippen LogP contribution in [-0.4, -0.2) is 34.5 Å². The summed E-state index contributed by atoms with van der Waals surface area (Å²) in [6.45, 7) is 2.72. The number of amides is 2. The van der Waals surface area contributed by atoms with Gasteiger partial charge in [0.2, 0.25) is 11.8 Å². The summed E-state index contributed by atoms with van der Waals surface area (Å²) < 4.78 is 7.56. The molecule has 0 unspecified atom stereocenters. The second kappa shape index (κ2) is 9.04. The van der Waals surface area contributed by atoms with Gasteiger partial charge in [-0.2, -0.15) is 0 Å². The van der Waals surface area contributed by atoms with Crippen molar-refractivity contribution >= 4 is 17.5 Å². The third-order valence-electron chi connectivity index (χ3n) is 5.49. The number of ether oxygens (including phenoxy) is 1. The molecule has 1 aliphatic heterocycles. The van der Waals surface area contributed by atoms with Crippen LogP contribution < -0.4 is 15.0 Å². The number of aryl methyl sites for hydroxylation is 1. The van der Waals surface area contributed by atoms with E-state index in [9.17, 15) is 9.59 Å². The first-order chi connectivity index (χ1) is 15.1. The fourth-order valence-corrected chi connectivity index (χ4v) is 3.93. The molecule has 2 atom stereocenters. The molecule has 2 aromatic carbocycles. The Morgan fingerprint density at radius 3 is 2.65 bits per heavy atom. The Morgan fingerprint density at radius 1 is 1.19 bits per heavy atom. The summed E-state index contributed by atoms with van der Waals surface area (Å²) >= 11 is 0. The van der Waals surface area contributed by atoms with Crippen molar-refractivity contribution in [1.29, 1.82) is 0 Å². The number of carbonyl (C=O) groups is 2. The molecule has 0 bridgehead atoms. The maximum atomic E-state index is 13.2. The van der Waals surface area contributed by atoms with E-state index in [-0.39, 0.29) is 18.2 Å². The van der Waals surface area contributed by atoms with E-state index in [0.29, 0.717) is 24.6 Å². The number of benzene rings is 2. The van der Waals surface area contributed by atoms with Gasteiger partial charge in [0.1, 0.15) is 17.6 Å². The van der Waals surface area contributed by atoms with Crippen LogP contribution in [0.2, 0.25) is 0 Å². The van der Waals surface area contributed by atoms with Gasteiger partial charge in [-0.25, -0.2) is 4.98 Å². The molecule has 0 aliphatic carbocycles. The number of nitrogens with zero attached hydrogens (tertiary/aromatic N) is 3. The molecule has 7 nitrogen and oxygen atoms in total. The minimum Gasteiger partial charge on any atom is -0.492 e. The summed E-state index contributed by atoms with van der Waals surface area (Å²) in [7, 11) is 1.90. The lowest BCUT2D eigenvalue weighted by molar-refractivity contribution is -0.126. The summed E-state index contributed by atoms with van der Waals surface area (Å²) in [5.41, 5.74) is 1.64. The van der Waals surface area contributed by atoms with Gasteiger partial charge in [-0.05, 0) is 24.6 Å². The Kier molecular flexibility index (Phi) is 6.02. The largest absolute Gasteiger partial charge is 0.492 e. The monoisotopic (exact) mass is 418 g/mol. The van der Waals surface area contributed by atoms with E-state index < -0.39 is 12.0 Å². The molecule has 0 radical (unpaired) electrons. The van der Waals surface area contributed by atoms with Crippen LogP contribution in [0.5, 0.6) is 5.75 Å². The number of anilines is 1. The first kappa shape index (κ1) is 20.7. The highest BCUT2D eigenvalue weighted by Gasteiger charge is 2.37. The number of rotatable bonds is 7. The highest BCUT2D eigenvalue weighted by atomic mass is 16.5. The van der Waals surface area contributed by atoms with E-state index in [4.69, 9.17) is 4.74 Å². The standard InChI is InChI=1S/C24H26N4O3/c1-3-31-20-12-8-7-11-19(20)28-16-18(15-21(28)29)24(30)26-22(17-9-5-4-6-10-17)23-25-13-14-27(23)2/h4-14,18,22H,3,15-16H2,1-2H3,(H,26,30)/t18-,22+/m1/s1. The van der Waals surface area contributed by atoms with Crippen molar-refractivity contribution in [3.8, 4) is 5.75 Å². The topological polar surface area (TPSA) is 76.5 Å². The molecule has 160 valence electrons. The molecule has 31 heavy (non-hydrogen) atoms. The average molecular weight is 418 g/mol. The third kappa shape index (κ3) is 4.30. The van der Waals surface area contributed by atoms with E-state index >= 15 is 0 Å². The predicted molar refractivity (Wildman–Crippen MR) is 118 cm³/mol. The van der Waals surface area contributed by atoms with Gasteiger partial charge in [0.25, 0.3) is 0 Å². The molecule has 1 N–H and O–H groups in total. The molecular formula is C24H26N4O3. The average Bonchev–Trinajstić information content (AvgIpc) is 3.39. The highest BCUT2D eigenvalue weighted by molar-refractivity contribution is 6.01. The molecular weight excluding hydrogens is 392 g/mol. The van der Waals surface area contributed by atoms with Gasteiger partial charge in [-0.1, -0.05) is 42.5 Å². The Balaban J connectivity index is 1.54.